The molecule has 2 aliphatic rings. The maximum atomic E-state index is 14.7. The highest BCUT2D eigenvalue weighted by Crippen LogP contribution is 2.49. The summed E-state index contributed by atoms with van der Waals surface area (Å²) in [6, 6.07) is 26.8. The molecule has 1 saturated carbocycles. The van der Waals surface area contributed by atoms with Crippen molar-refractivity contribution in [1.82, 2.24) is 9.55 Å². The van der Waals surface area contributed by atoms with Crippen molar-refractivity contribution in [3.63, 3.8) is 0 Å². The summed E-state index contributed by atoms with van der Waals surface area (Å²) in [6.07, 6.45) is 7.45. The molecule has 0 unspecified atom stereocenters. The number of fused-ring (bicyclic) bond motifs is 4. The number of hydrogen-bond donors (Lipinski definition) is 0. The monoisotopic (exact) mass is 508 g/mol. The van der Waals surface area contributed by atoms with E-state index in [-0.39, 0.29) is 11.0 Å². The maximum Gasteiger partial charge on any atom is 0.263 e. The number of aromatic nitrogens is 2. The number of nitrogens with zero attached hydrogens (tertiary/aromatic N) is 2. The van der Waals surface area contributed by atoms with E-state index in [1.165, 1.54) is 17.5 Å². The van der Waals surface area contributed by atoms with Crippen molar-refractivity contribution in [3.8, 4) is 22.7 Å². The Bertz CT molecular complexity index is 1470. The standard InChI is InChI=1S/C32H32N2O2S/c1-36-27-17-9-8-16-26(27)34-30(35)28-29(33-31(34)37-21-18-23-12-4-2-5-13-23)25-15-7-6-14-24(25)22-32(28)19-10-3-11-20-32/h2,4-9,12-17H,3,10-11,18-22H2,1H3. The van der Waals surface area contributed by atoms with Gasteiger partial charge in [-0.1, -0.05) is 97.8 Å². The third-order valence-corrected chi connectivity index (χ3v) is 8.93. The van der Waals surface area contributed by atoms with Crippen molar-refractivity contribution in [2.75, 3.05) is 12.9 Å². The van der Waals surface area contributed by atoms with Gasteiger partial charge in [0.1, 0.15) is 5.75 Å². The number of methoxy groups -OCH3 is 1. The van der Waals surface area contributed by atoms with Gasteiger partial charge >= 0.3 is 0 Å². The summed E-state index contributed by atoms with van der Waals surface area (Å²) in [5.74, 6) is 1.52. The number of thioether (sulfide) groups is 1. The van der Waals surface area contributed by atoms with E-state index in [1.54, 1.807) is 18.9 Å². The SMILES string of the molecule is COc1ccccc1-n1c(SCCc2ccccc2)nc2c(c1=O)C1(CCCCC1)Cc1ccccc1-2. The van der Waals surface area contributed by atoms with Gasteiger partial charge in [-0.25, -0.2) is 4.98 Å². The van der Waals surface area contributed by atoms with Gasteiger partial charge in [-0.3, -0.25) is 9.36 Å². The van der Waals surface area contributed by atoms with Crippen LogP contribution in [0.2, 0.25) is 0 Å². The molecular weight excluding hydrogens is 476 g/mol. The van der Waals surface area contributed by atoms with E-state index in [4.69, 9.17) is 9.72 Å². The van der Waals surface area contributed by atoms with Gasteiger partial charge in [0.05, 0.1) is 24.1 Å². The fourth-order valence-corrected chi connectivity index (χ4v) is 7.20. The van der Waals surface area contributed by atoms with Crippen LogP contribution in [0.15, 0.2) is 88.8 Å². The first-order valence-corrected chi connectivity index (χ1v) is 14.2. The number of benzene rings is 3. The van der Waals surface area contributed by atoms with Crippen molar-refractivity contribution in [1.29, 1.82) is 0 Å². The molecule has 0 amide bonds. The number of ether oxygens (including phenoxy) is 1. The molecule has 4 nitrogen and oxygen atoms in total. The average molecular weight is 509 g/mol. The summed E-state index contributed by atoms with van der Waals surface area (Å²) in [6.45, 7) is 0. The molecule has 1 spiro atoms. The molecular formula is C32H32N2O2S. The zero-order valence-corrected chi connectivity index (χ0v) is 22.1. The lowest BCUT2D eigenvalue weighted by Crippen LogP contribution is -2.43. The summed E-state index contributed by atoms with van der Waals surface area (Å²) < 4.78 is 7.56. The van der Waals surface area contributed by atoms with Crippen molar-refractivity contribution in [3.05, 3.63) is 106 Å². The topological polar surface area (TPSA) is 44.1 Å². The van der Waals surface area contributed by atoms with Crippen molar-refractivity contribution in [2.45, 2.75) is 55.5 Å². The molecule has 2 aliphatic carbocycles. The summed E-state index contributed by atoms with van der Waals surface area (Å²) >= 11 is 1.65. The maximum absolute atomic E-state index is 14.7. The molecule has 0 radical (unpaired) electrons. The summed E-state index contributed by atoms with van der Waals surface area (Å²) in [5, 5.41) is 0.729. The second-order valence-corrected chi connectivity index (χ2v) is 11.3. The minimum atomic E-state index is -0.150. The fourth-order valence-electron chi connectivity index (χ4n) is 6.22. The molecule has 1 aromatic heterocycles. The van der Waals surface area contributed by atoms with Crippen molar-refractivity contribution >= 4 is 11.8 Å². The summed E-state index contributed by atoms with van der Waals surface area (Å²) in [5.41, 5.74) is 6.19. The lowest BCUT2D eigenvalue weighted by atomic mass is 9.62. The van der Waals surface area contributed by atoms with Crippen LogP contribution >= 0.6 is 11.8 Å². The second kappa shape index (κ2) is 10.2. The van der Waals surface area contributed by atoms with Gasteiger partial charge in [-0.05, 0) is 48.9 Å². The molecule has 0 atom stereocenters. The van der Waals surface area contributed by atoms with Gasteiger partial charge in [-0.2, -0.15) is 0 Å². The fraction of sp³-hybridized carbons (Fsp3) is 0.312. The molecule has 1 heterocycles. The Balaban J connectivity index is 1.55. The molecule has 188 valence electrons. The first-order chi connectivity index (χ1) is 18.2. The summed E-state index contributed by atoms with van der Waals surface area (Å²) in [7, 11) is 1.66. The first-order valence-electron chi connectivity index (χ1n) is 13.3. The predicted octanol–water partition coefficient (Wildman–Crippen LogP) is 7.00. The number of hydrogen-bond acceptors (Lipinski definition) is 4. The van der Waals surface area contributed by atoms with Gasteiger partial charge in [0.25, 0.3) is 5.56 Å². The van der Waals surface area contributed by atoms with Gasteiger partial charge in [0.2, 0.25) is 0 Å². The molecule has 0 N–H and O–H groups in total. The normalized spacial score (nSPS) is 15.7. The molecule has 37 heavy (non-hydrogen) atoms. The molecule has 0 aliphatic heterocycles. The Labute approximate surface area is 222 Å². The molecule has 0 saturated heterocycles. The van der Waals surface area contributed by atoms with E-state index in [1.807, 2.05) is 34.9 Å². The summed E-state index contributed by atoms with van der Waals surface area (Å²) in [4.78, 5) is 20.0. The smallest absolute Gasteiger partial charge is 0.263 e. The highest BCUT2D eigenvalue weighted by Gasteiger charge is 2.43. The number of aryl methyl sites for hydroxylation is 1. The van der Waals surface area contributed by atoms with Crippen LogP contribution in [0.5, 0.6) is 5.75 Å². The van der Waals surface area contributed by atoms with Crippen LogP contribution in [0, 0.1) is 0 Å². The highest BCUT2D eigenvalue weighted by atomic mass is 32.2. The third-order valence-electron chi connectivity index (χ3n) is 7.99. The van der Waals surface area contributed by atoms with Gasteiger partial charge < -0.3 is 4.74 Å². The Morgan fingerprint density at radius 1 is 0.919 bits per heavy atom. The molecule has 4 aromatic rings. The zero-order valence-electron chi connectivity index (χ0n) is 21.3. The van der Waals surface area contributed by atoms with Crippen LogP contribution in [0.1, 0.15) is 48.8 Å². The Morgan fingerprint density at radius 3 is 2.46 bits per heavy atom. The molecule has 6 rings (SSSR count). The van der Waals surface area contributed by atoms with E-state index < -0.39 is 0 Å². The Kier molecular flexibility index (Phi) is 6.64. The predicted molar refractivity (Wildman–Crippen MR) is 151 cm³/mol. The van der Waals surface area contributed by atoms with E-state index >= 15 is 0 Å². The third kappa shape index (κ3) is 4.40. The van der Waals surface area contributed by atoms with Crippen LogP contribution < -0.4 is 10.3 Å². The van der Waals surface area contributed by atoms with E-state index in [0.29, 0.717) is 5.75 Å². The van der Waals surface area contributed by atoms with Gasteiger partial charge in [-0.15, -0.1) is 0 Å². The number of para-hydroxylation sites is 2. The van der Waals surface area contributed by atoms with Crippen LogP contribution in [-0.2, 0) is 18.3 Å². The molecule has 1 fully saturated rings. The quantitative estimate of drug-likeness (QED) is 0.208. The number of rotatable bonds is 6. The van der Waals surface area contributed by atoms with Crippen LogP contribution in [-0.4, -0.2) is 22.4 Å². The first kappa shape index (κ1) is 24.1. The average Bonchev–Trinajstić information content (AvgIpc) is 2.94. The Hall–Kier alpha value is -3.31. The van der Waals surface area contributed by atoms with E-state index in [2.05, 4.69) is 48.5 Å². The Morgan fingerprint density at radius 2 is 1.65 bits per heavy atom. The van der Waals surface area contributed by atoms with Crippen LogP contribution in [0.25, 0.3) is 16.9 Å². The lowest BCUT2D eigenvalue weighted by Gasteiger charge is -2.42. The zero-order chi connectivity index (χ0) is 25.2. The van der Waals surface area contributed by atoms with Crippen molar-refractivity contribution < 1.29 is 4.74 Å². The van der Waals surface area contributed by atoms with E-state index in [9.17, 15) is 4.79 Å². The largest absolute Gasteiger partial charge is 0.495 e. The van der Waals surface area contributed by atoms with Gasteiger partial charge in [0, 0.05) is 16.7 Å². The van der Waals surface area contributed by atoms with E-state index in [0.717, 1.165) is 71.9 Å². The van der Waals surface area contributed by atoms with Gasteiger partial charge in [0.15, 0.2) is 5.16 Å². The molecule has 3 aromatic carbocycles. The molecule has 5 heteroatoms. The minimum Gasteiger partial charge on any atom is -0.495 e. The lowest BCUT2D eigenvalue weighted by molar-refractivity contribution is 0.283. The minimum absolute atomic E-state index is 0.0631. The second-order valence-electron chi connectivity index (χ2n) is 10.2. The van der Waals surface area contributed by atoms with Crippen LogP contribution in [0.4, 0.5) is 0 Å². The highest BCUT2D eigenvalue weighted by molar-refractivity contribution is 7.99. The van der Waals surface area contributed by atoms with Crippen molar-refractivity contribution in [2.24, 2.45) is 0 Å². The van der Waals surface area contributed by atoms with Crippen LogP contribution in [0.3, 0.4) is 0 Å². The molecule has 0 bridgehead atoms.